The molecule has 0 bridgehead atoms. The van der Waals surface area contributed by atoms with Gasteiger partial charge in [-0.15, -0.1) is 0 Å². The van der Waals surface area contributed by atoms with E-state index in [1.165, 1.54) is 4.90 Å². The second-order valence-electron chi connectivity index (χ2n) is 16.5. The molecule has 0 radical (unpaired) electrons. The van der Waals surface area contributed by atoms with Crippen LogP contribution in [0.1, 0.15) is 103 Å². The average molecular weight is 786 g/mol. The molecular weight excluding hydrogens is 737 g/mol. The van der Waals surface area contributed by atoms with Crippen molar-refractivity contribution in [2.24, 2.45) is 5.92 Å². The minimum absolute atomic E-state index is 0.00297. The molecule has 5 aliphatic rings. The Hall–Kier alpha value is -4.34. The Bertz CT molecular complexity index is 2070. The number of aryl methyl sites for hydroxylation is 2. The van der Waals surface area contributed by atoms with Gasteiger partial charge in [0.1, 0.15) is 29.0 Å². The first-order valence-corrected chi connectivity index (χ1v) is 20.8. The Morgan fingerprint density at radius 1 is 1.07 bits per heavy atom. The molecule has 5 atom stereocenters. The van der Waals surface area contributed by atoms with Crippen LogP contribution in [0.5, 0.6) is 5.75 Å². The fraction of sp³-hybridized carbons (Fsp3) is 0.615. The third-order valence-corrected chi connectivity index (χ3v) is 14.3. The first kappa shape index (κ1) is 38.9. The van der Waals surface area contributed by atoms with Crippen LogP contribution in [0.3, 0.4) is 0 Å². The maximum absolute atomic E-state index is 14.7. The maximum Gasteiger partial charge on any atom is 0.408 e. The van der Waals surface area contributed by atoms with Crippen molar-refractivity contribution in [1.29, 1.82) is 0 Å². The number of nitrogens with zero attached hydrogens (tertiary/aromatic N) is 2. The van der Waals surface area contributed by atoms with Crippen molar-refractivity contribution in [1.82, 2.24) is 25.2 Å². The molecule has 2 aromatic rings. The van der Waals surface area contributed by atoms with Crippen molar-refractivity contribution in [3.8, 4) is 5.75 Å². The fourth-order valence-electron chi connectivity index (χ4n) is 8.45. The average Bonchev–Trinajstić information content (AvgIpc) is 3.77. The quantitative estimate of drug-likeness (QED) is 0.361. The summed E-state index contributed by atoms with van der Waals surface area (Å²) in [5.41, 5.74) is -1.39. The van der Waals surface area contributed by atoms with Gasteiger partial charge in [0, 0.05) is 29.4 Å². The third kappa shape index (κ3) is 7.26. The smallest absolute Gasteiger partial charge is 0.408 e. The highest BCUT2D eigenvalue weighted by Crippen LogP contribution is 2.47. The molecule has 3 aliphatic heterocycles. The summed E-state index contributed by atoms with van der Waals surface area (Å²) in [7, 11) is -4.04. The molecule has 2 saturated carbocycles. The molecule has 298 valence electrons. The van der Waals surface area contributed by atoms with Gasteiger partial charge in [0.25, 0.3) is 5.91 Å². The molecule has 16 heteroatoms. The van der Waals surface area contributed by atoms with E-state index in [0.717, 1.165) is 25.0 Å². The Morgan fingerprint density at radius 2 is 1.82 bits per heavy atom. The van der Waals surface area contributed by atoms with Gasteiger partial charge in [0.2, 0.25) is 21.8 Å². The number of sulfonamides is 1. The summed E-state index contributed by atoms with van der Waals surface area (Å²) in [4.78, 5) is 62.2. The normalized spacial score (nSPS) is 29.7. The number of rotatable bonds is 5. The number of fused-ring (bicyclic) bond motifs is 5. The number of alkyl carbamates (subject to hydrolysis) is 1. The molecule has 3 fully saturated rings. The van der Waals surface area contributed by atoms with Crippen LogP contribution < -0.4 is 20.1 Å². The molecule has 3 N–H and O–H groups in total. The van der Waals surface area contributed by atoms with Crippen LogP contribution in [0.15, 0.2) is 24.3 Å². The lowest BCUT2D eigenvalue weighted by molar-refractivity contribution is -0.144. The van der Waals surface area contributed by atoms with Crippen molar-refractivity contribution in [3.63, 3.8) is 0 Å². The number of ether oxygens (including phenoxy) is 2. The standard InChI is InChI=1S/C39H49F2N5O8S/c1-22(2)53-36(50)43-29-11-9-7-5-6-8-10-24-12-15-39(24,35(49)45-55(51,52)37(4)16-17-37)44-33(47)31-20-38(21-46(31)34(29)48)14-13-25-26-18-27(40)28(41)19-30(26)42-23(3)32(25)54-38/h8,10,18-19,22,24,29,31H,5-7,9,11-17,20-21H2,1-4H3,(H,43,50)(H,44,47)(H,45,49)/b10-8-/t24-,29+,31+,38-,39-/m1/s1. The first-order valence-electron chi connectivity index (χ1n) is 19.3. The molecule has 1 aromatic carbocycles. The number of carbonyl (C=O) groups is 4. The predicted octanol–water partition coefficient (Wildman–Crippen LogP) is 4.77. The Morgan fingerprint density at radius 3 is 2.51 bits per heavy atom. The van der Waals surface area contributed by atoms with Crippen LogP contribution >= 0.6 is 0 Å². The number of amides is 4. The van der Waals surface area contributed by atoms with Crippen molar-refractivity contribution in [2.45, 2.75) is 139 Å². The van der Waals surface area contributed by atoms with Crippen LogP contribution in [0, 0.1) is 24.5 Å². The zero-order chi connectivity index (χ0) is 39.5. The monoisotopic (exact) mass is 785 g/mol. The van der Waals surface area contributed by atoms with Gasteiger partial charge in [-0.25, -0.2) is 27.0 Å². The topological polar surface area (TPSA) is 173 Å². The van der Waals surface area contributed by atoms with Crippen LogP contribution in [-0.2, 0) is 35.6 Å². The summed E-state index contributed by atoms with van der Waals surface area (Å²) in [5.74, 6) is -4.19. The highest BCUT2D eigenvalue weighted by Gasteiger charge is 2.59. The molecule has 1 saturated heterocycles. The van der Waals surface area contributed by atoms with Gasteiger partial charge in [0.05, 0.1) is 28.6 Å². The number of aromatic nitrogens is 1. The van der Waals surface area contributed by atoms with E-state index in [-0.39, 0.29) is 31.3 Å². The zero-order valence-corrected chi connectivity index (χ0v) is 32.5. The molecule has 55 heavy (non-hydrogen) atoms. The summed E-state index contributed by atoms with van der Waals surface area (Å²) in [6, 6.07) is -0.0915. The van der Waals surface area contributed by atoms with Gasteiger partial charge in [-0.2, -0.15) is 0 Å². The predicted molar refractivity (Wildman–Crippen MR) is 197 cm³/mol. The lowest BCUT2D eigenvalue weighted by Gasteiger charge is -2.48. The Kier molecular flexibility index (Phi) is 10.1. The van der Waals surface area contributed by atoms with Crippen LogP contribution in [0.25, 0.3) is 10.9 Å². The maximum atomic E-state index is 14.7. The second kappa shape index (κ2) is 14.3. The molecule has 7 rings (SSSR count). The van der Waals surface area contributed by atoms with Crippen LogP contribution in [0.4, 0.5) is 13.6 Å². The SMILES string of the molecule is Cc1nc2cc(F)c(F)cc2c2c1O[C@]1(CC2)C[C@H]2C(=O)N[C@]3(C(=O)NS(=O)(=O)C4(C)CC4)CC[C@H]3/C=C\CCCCC[C@H](NC(=O)OC(C)C)C(=O)N2C1. The summed E-state index contributed by atoms with van der Waals surface area (Å²) in [6.45, 7) is 6.58. The van der Waals surface area contributed by atoms with E-state index in [2.05, 4.69) is 20.3 Å². The van der Waals surface area contributed by atoms with E-state index < -0.39 is 85.5 Å². The number of allylic oxidation sites excluding steroid dienone is 1. The first-order chi connectivity index (χ1) is 26.0. The highest BCUT2D eigenvalue weighted by atomic mass is 32.2. The summed E-state index contributed by atoms with van der Waals surface area (Å²) in [6.07, 6.45) is 7.81. The molecule has 0 unspecified atom stereocenters. The second-order valence-corrected chi connectivity index (χ2v) is 18.7. The minimum atomic E-state index is -4.04. The van der Waals surface area contributed by atoms with Crippen molar-refractivity contribution >= 4 is 44.7 Å². The number of hydrogen-bond acceptors (Lipinski definition) is 9. The highest BCUT2D eigenvalue weighted by molar-refractivity contribution is 7.91. The molecule has 4 amide bonds. The van der Waals surface area contributed by atoms with E-state index in [9.17, 15) is 36.4 Å². The lowest BCUT2D eigenvalue weighted by Crippen LogP contribution is -2.70. The van der Waals surface area contributed by atoms with E-state index in [1.54, 1.807) is 27.7 Å². The summed E-state index contributed by atoms with van der Waals surface area (Å²) >= 11 is 0. The lowest BCUT2D eigenvalue weighted by atomic mass is 9.65. The third-order valence-electron chi connectivity index (χ3n) is 12.1. The number of pyridine rings is 1. The van der Waals surface area contributed by atoms with E-state index in [4.69, 9.17) is 9.47 Å². The van der Waals surface area contributed by atoms with Gasteiger partial charge < -0.3 is 25.0 Å². The van der Waals surface area contributed by atoms with Crippen LogP contribution in [0.2, 0.25) is 0 Å². The molecule has 1 spiro atoms. The molecule has 1 aromatic heterocycles. The number of benzene rings is 1. The number of nitrogens with one attached hydrogen (secondary N) is 3. The van der Waals surface area contributed by atoms with Crippen molar-refractivity contribution in [2.75, 3.05) is 6.54 Å². The number of hydrogen-bond donors (Lipinski definition) is 3. The van der Waals surface area contributed by atoms with E-state index in [0.29, 0.717) is 67.3 Å². The zero-order valence-electron chi connectivity index (χ0n) is 31.6. The van der Waals surface area contributed by atoms with Gasteiger partial charge in [-0.3, -0.25) is 19.1 Å². The van der Waals surface area contributed by atoms with E-state index in [1.807, 2.05) is 12.2 Å². The van der Waals surface area contributed by atoms with Gasteiger partial charge in [0.15, 0.2) is 11.6 Å². The van der Waals surface area contributed by atoms with Crippen LogP contribution in [-0.4, -0.2) is 82.7 Å². The van der Waals surface area contributed by atoms with Gasteiger partial charge >= 0.3 is 6.09 Å². The molecule has 4 heterocycles. The molecule has 13 nitrogen and oxygen atoms in total. The Balaban J connectivity index is 1.25. The molecule has 2 aliphatic carbocycles. The van der Waals surface area contributed by atoms with E-state index >= 15 is 0 Å². The number of carbonyl (C=O) groups excluding carboxylic acids is 4. The number of halogens is 2. The summed E-state index contributed by atoms with van der Waals surface area (Å²) in [5, 5.41) is 6.06. The van der Waals surface area contributed by atoms with Gasteiger partial charge in [-0.1, -0.05) is 25.0 Å². The van der Waals surface area contributed by atoms with Crippen molar-refractivity contribution in [3.05, 3.63) is 47.2 Å². The molecular formula is C39H49F2N5O8S. The van der Waals surface area contributed by atoms with Gasteiger partial charge in [-0.05, 0) is 91.5 Å². The minimum Gasteiger partial charge on any atom is -0.483 e. The Labute approximate surface area is 319 Å². The largest absolute Gasteiger partial charge is 0.483 e. The summed E-state index contributed by atoms with van der Waals surface area (Å²) < 4.78 is 68.4. The van der Waals surface area contributed by atoms with Crippen molar-refractivity contribution < 1.29 is 45.9 Å². The fourth-order valence-corrected chi connectivity index (χ4v) is 9.76.